The molecule has 0 atom stereocenters. The van der Waals surface area contributed by atoms with E-state index in [1.807, 2.05) is 39.0 Å². The molecule has 0 saturated heterocycles. The molecule has 0 amide bonds. The highest BCUT2D eigenvalue weighted by Crippen LogP contribution is 1.99. The maximum absolute atomic E-state index is 5.37. The Hall–Kier alpha value is -0.980. The predicted molar refractivity (Wildman–Crippen MR) is 60.7 cm³/mol. The molecule has 0 radical (unpaired) electrons. The van der Waals surface area contributed by atoms with Crippen LogP contribution in [0.1, 0.15) is 34.1 Å². The van der Waals surface area contributed by atoms with Crippen molar-refractivity contribution in [2.75, 3.05) is 6.61 Å². The first-order valence-corrected chi connectivity index (χ1v) is 4.93. The molecule has 0 rings (SSSR count). The smallest absolute Gasteiger partial charge is 0.115 e. The molecule has 0 N–H and O–H groups in total. The van der Waals surface area contributed by atoms with E-state index in [1.165, 1.54) is 0 Å². The molecule has 0 spiro atoms. The molecule has 0 fully saturated rings. The van der Waals surface area contributed by atoms with E-state index in [2.05, 4.69) is 13.5 Å². The molecule has 0 saturated carbocycles. The number of hydrogen-bond acceptors (Lipinski definition) is 1. The maximum Gasteiger partial charge on any atom is 0.115 e. The van der Waals surface area contributed by atoms with Crippen molar-refractivity contribution in [3.63, 3.8) is 0 Å². The van der Waals surface area contributed by atoms with Gasteiger partial charge in [-0.2, -0.15) is 0 Å². The lowest BCUT2D eigenvalue weighted by atomic mass is 10.4. The topological polar surface area (TPSA) is 9.23 Å². The quantitative estimate of drug-likeness (QED) is 0.459. The fourth-order valence-corrected chi connectivity index (χ4v) is 0.610. The van der Waals surface area contributed by atoms with Gasteiger partial charge in [0.1, 0.15) is 5.76 Å². The Balaban J connectivity index is 0. The number of ether oxygens (including phenoxy) is 1. The van der Waals surface area contributed by atoms with Crippen molar-refractivity contribution in [2.45, 2.75) is 34.1 Å². The zero-order chi connectivity index (χ0) is 10.5. The van der Waals surface area contributed by atoms with Crippen molar-refractivity contribution >= 4 is 0 Å². The molecule has 76 valence electrons. The van der Waals surface area contributed by atoms with Crippen LogP contribution in [0.4, 0.5) is 0 Å². The van der Waals surface area contributed by atoms with Gasteiger partial charge in [-0.1, -0.05) is 39.5 Å². The average Bonchev–Trinajstić information content (AvgIpc) is 2.21. The second-order valence-corrected chi connectivity index (χ2v) is 2.13. The molecular formula is C12H22O. The van der Waals surface area contributed by atoms with Crippen LogP contribution in [0, 0.1) is 0 Å². The Morgan fingerprint density at radius 1 is 1.38 bits per heavy atom. The van der Waals surface area contributed by atoms with Crippen LogP contribution in [0.5, 0.6) is 0 Å². The van der Waals surface area contributed by atoms with Crippen molar-refractivity contribution < 1.29 is 4.74 Å². The second-order valence-electron chi connectivity index (χ2n) is 2.13. The summed E-state index contributed by atoms with van der Waals surface area (Å²) in [5, 5.41) is 0. The Morgan fingerprint density at radius 2 is 2.00 bits per heavy atom. The zero-order valence-corrected chi connectivity index (χ0v) is 9.34. The first-order chi connectivity index (χ1) is 6.35. The summed E-state index contributed by atoms with van der Waals surface area (Å²) in [4.78, 5) is 0. The summed E-state index contributed by atoms with van der Waals surface area (Å²) >= 11 is 0. The van der Waals surface area contributed by atoms with Crippen LogP contribution in [0.15, 0.2) is 36.6 Å². The van der Waals surface area contributed by atoms with Crippen molar-refractivity contribution in [1.29, 1.82) is 0 Å². The van der Waals surface area contributed by atoms with Gasteiger partial charge in [0.2, 0.25) is 0 Å². The van der Waals surface area contributed by atoms with Crippen LogP contribution >= 0.6 is 0 Å². The average molecular weight is 182 g/mol. The number of hydrogen-bond donors (Lipinski definition) is 0. The van der Waals surface area contributed by atoms with Crippen molar-refractivity contribution in [1.82, 2.24) is 0 Å². The van der Waals surface area contributed by atoms with E-state index in [4.69, 9.17) is 4.74 Å². The summed E-state index contributed by atoms with van der Waals surface area (Å²) in [7, 11) is 0. The number of allylic oxidation sites excluding steroid dienone is 4. The van der Waals surface area contributed by atoms with Crippen molar-refractivity contribution in [3.8, 4) is 0 Å². The third-order valence-corrected chi connectivity index (χ3v) is 1.15. The minimum absolute atomic E-state index is 0.779. The molecule has 0 aliphatic heterocycles. The molecular weight excluding hydrogens is 160 g/mol. The van der Waals surface area contributed by atoms with Gasteiger partial charge in [-0.05, 0) is 25.5 Å². The van der Waals surface area contributed by atoms with Gasteiger partial charge < -0.3 is 4.74 Å². The van der Waals surface area contributed by atoms with Crippen molar-refractivity contribution in [2.24, 2.45) is 0 Å². The highest BCUT2D eigenvalue weighted by molar-refractivity contribution is 5.15. The van der Waals surface area contributed by atoms with Crippen LogP contribution in [-0.2, 0) is 4.74 Å². The minimum atomic E-state index is 0.779. The molecule has 0 heterocycles. The summed E-state index contributed by atoms with van der Waals surface area (Å²) in [5.41, 5.74) is 0. The Morgan fingerprint density at radius 3 is 2.38 bits per heavy atom. The summed E-state index contributed by atoms with van der Waals surface area (Å²) in [6, 6.07) is 0. The second kappa shape index (κ2) is 13.6. The first kappa shape index (κ1) is 14.5. The SMILES string of the molecule is C=C/C=C\C(=C/C)OCCC.CC. The van der Waals surface area contributed by atoms with Gasteiger partial charge in [0.15, 0.2) is 0 Å². The molecule has 0 aromatic rings. The first-order valence-electron chi connectivity index (χ1n) is 4.93. The fourth-order valence-electron chi connectivity index (χ4n) is 0.610. The van der Waals surface area contributed by atoms with Gasteiger partial charge in [0.05, 0.1) is 6.61 Å². The summed E-state index contributed by atoms with van der Waals surface area (Å²) in [6.07, 6.45) is 8.49. The fraction of sp³-hybridized carbons (Fsp3) is 0.500. The van der Waals surface area contributed by atoms with E-state index in [-0.39, 0.29) is 0 Å². The van der Waals surface area contributed by atoms with Crippen LogP contribution in [0.3, 0.4) is 0 Å². The monoisotopic (exact) mass is 182 g/mol. The van der Waals surface area contributed by atoms with Gasteiger partial charge in [-0.3, -0.25) is 0 Å². The molecule has 0 unspecified atom stereocenters. The third kappa shape index (κ3) is 11.0. The van der Waals surface area contributed by atoms with Gasteiger partial charge >= 0.3 is 0 Å². The van der Waals surface area contributed by atoms with Gasteiger partial charge in [0, 0.05) is 0 Å². The molecule has 1 nitrogen and oxygen atoms in total. The molecule has 13 heavy (non-hydrogen) atoms. The predicted octanol–water partition coefficient (Wildman–Crippen LogP) is 4.09. The molecule has 0 aliphatic carbocycles. The van der Waals surface area contributed by atoms with E-state index < -0.39 is 0 Å². The van der Waals surface area contributed by atoms with Crippen LogP contribution < -0.4 is 0 Å². The highest BCUT2D eigenvalue weighted by Gasteiger charge is 1.87. The van der Waals surface area contributed by atoms with E-state index in [9.17, 15) is 0 Å². The molecule has 1 heteroatoms. The Kier molecular flexibility index (Phi) is 15.2. The standard InChI is InChI=1S/C10H16O.C2H6/c1-4-7-8-10(6-3)11-9-5-2;1-2/h4,6-8H,1,5,9H2,2-3H3;1-2H3/b8-7-,10-6+;. The zero-order valence-electron chi connectivity index (χ0n) is 9.34. The lowest BCUT2D eigenvalue weighted by Gasteiger charge is -2.02. The molecule has 0 aromatic heterocycles. The molecule has 0 aliphatic rings. The van der Waals surface area contributed by atoms with Crippen LogP contribution in [0.2, 0.25) is 0 Å². The lowest BCUT2D eigenvalue weighted by molar-refractivity contribution is 0.224. The van der Waals surface area contributed by atoms with Crippen LogP contribution in [0.25, 0.3) is 0 Å². The lowest BCUT2D eigenvalue weighted by Crippen LogP contribution is -1.89. The normalized spacial score (nSPS) is 10.6. The largest absolute Gasteiger partial charge is 0.494 e. The van der Waals surface area contributed by atoms with Gasteiger partial charge in [-0.25, -0.2) is 0 Å². The Bertz CT molecular complexity index is 155. The highest BCUT2D eigenvalue weighted by atomic mass is 16.5. The molecule has 0 bridgehead atoms. The Labute approximate surface area is 82.8 Å². The van der Waals surface area contributed by atoms with E-state index in [1.54, 1.807) is 6.08 Å². The van der Waals surface area contributed by atoms with Gasteiger partial charge in [-0.15, -0.1) is 0 Å². The number of rotatable bonds is 5. The summed E-state index contributed by atoms with van der Waals surface area (Å²) in [5.74, 6) is 0.909. The third-order valence-electron chi connectivity index (χ3n) is 1.15. The summed E-state index contributed by atoms with van der Waals surface area (Å²) in [6.45, 7) is 12.4. The van der Waals surface area contributed by atoms with E-state index >= 15 is 0 Å². The van der Waals surface area contributed by atoms with E-state index in [0.29, 0.717) is 0 Å². The van der Waals surface area contributed by atoms with Crippen molar-refractivity contribution in [3.05, 3.63) is 36.6 Å². The van der Waals surface area contributed by atoms with Gasteiger partial charge in [0.25, 0.3) is 0 Å². The maximum atomic E-state index is 5.37. The minimum Gasteiger partial charge on any atom is -0.494 e. The van der Waals surface area contributed by atoms with Crippen LogP contribution in [-0.4, -0.2) is 6.61 Å². The van der Waals surface area contributed by atoms with E-state index in [0.717, 1.165) is 18.8 Å². The summed E-state index contributed by atoms with van der Waals surface area (Å²) < 4.78 is 5.37. The molecule has 0 aromatic carbocycles.